The molecule has 3 heteroatoms. The maximum atomic E-state index is 13.2. The Kier molecular flexibility index (Phi) is 4.39. The van der Waals surface area contributed by atoms with Gasteiger partial charge in [-0.05, 0) is 31.2 Å². The summed E-state index contributed by atoms with van der Waals surface area (Å²) in [5.41, 5.74) is 1.39. The minimum atomic E-state index is 0.297. The second-order valence-corrected chi connectivity index (χ2v) is 7.53. The average Bonchev–Trinajstić information content (AvgIpc) is 3.22. The van der Waals surface area contributed by atoms with Crippen molar-refractivity contribution >= 4 is 5.91 Å². The molecule has 0 aromatic heterocycles. The first-order chi connectivity index (χ1) is 11.3. The maximum absolute atomic E-state index is 13.2. The third kappa shape index (κ3) is 2.91. The van der Waals surface area contributed by atoms with Crippen molar-refractivity contribution in [3.05, 3.63) is 35.9 Å². The molecule has 1 aromatic carbocycles. The molecule has 3 aliphatic rings. The molecule has 23 heavy (non-hydrogen) atoms. The number of hydrogen-bond donors (Lipinski definition) is 1. The van der Waals surface area contributed by atoms with Crippen LogP contribution in [0.2, 0.25) is 0 Å². The van der Waals surface area contributed by atoms with Crippen molar-refractivity contribution in [1.82, 2.24) is 10.2 Å². The van der Waals surface area contributed by atoms with Gasteiger partial charge in [0.1, 0.15) is 0 Å². The summed E-state index contributed by atoms with van der Waals surface area (Å²) in [5, 5.41) is 3.73. The molecule has 3 fully saturated rings. The van der Waals surface area contributed by atoms with E-state index in [1.54, 1.807) is 0 Å². The summed E-state index contributed by atoms with van der Waals surface area (Å²) in [6, 6.07) is 11.6. The number of hydrogen-bond acceptors (Lipinski definition) is 2. The standard InChI is InChI=1S/C20H28N2O/c23-20(16-10-4-5-11-16)22-13-7-6-12-18-19(22)17(14-21-18)15-8-2-1-3-9-15/h1-3,8-9,16-19,21H,4-7,10-14H2/t17-,18-,19-/m0/s1. The van der Waals surface area contributed by atoms with E-state index in [4.69, 9.17) is 0 Å². The van der Waals surface area contributed by atoms with Crippen molar-refractivity contribution in [2.24, 2.45) is 5.92 Å². The fourth-order valence-corrected chi connectivity index (χ4v) is 4.98. The van der Waals surface area contributed by atoms with Crippen molar-refractivity contribution in [2.75, 3.05) is 13.1 Å². The van der Waals surface area contributed by atoms with Crippen LogP contribution in [-0.2, 0) is 4.79 Å². The van der Waals surface area contributed by atoms with Crippen LogP contribution in [0.1, 0.15) is 56.4 Å². The largest absolute Gasteiger partial charge is 0.337 e. The molecule has 1 N–H and O–H groups in total. The van der Waals surface area contributed by atoms with Crippen LogP contribution in [0.25, 0.3) is 0 Å². The van der Waals surface area contributed by atoms with Crippen LogP contribution in [0.4, 0.5) is 0 Å². The van der Waals surface area contributed by atoms with Crippen LogP contribution < -0.4 is 5.32 Å². The number of nitrogens with zero attached hydrogens (tertiary/aromatic N) is 1. The van der Waals surface area contributed by atoms with Gasteiger partial charge in [-0.15, -0.1) is 0 Å². The van der Waals surface area contributed by atoms with Crippen molar-refractivity contribution in [1.29, 1.82) is 0 Å². The van der Waals surface area contributed by atoms with E-state index in [0.29, 0.717) is 29.8 Å². The lowest BCUT2D eigenvalue weighted by Crippen LogP contribution is -2.49. The quantitative estimate of drug-likeness (QED) is 0.908. The maximum Gasteiger partial charge on any atom is 0.226 e. The van der Waals surface area contributed by atoms with E-state index in [9.17, 15) is 4.79 Å². The minimum Gasteiger partial charge on any atom is -0.337 e. The molecule has 0 spiro atoms. The van der Waals surface area contributed by atoms with Crippen molar-refractivity contribution in [2.45, 2.75) is 62.9 Å². The summed E-state index contributed by atoms with van der Waals surface area (Å²) in [7, 11) is 0. The van der Waals surface area contributed by atoms with E-state index >= 15 is 0 Å². The lowest BCUT2D eigenvalue weighted by molar-refractivity contribution is -0.138. The van der Waals surface area contributed by atoms with Gasteiger partial charge in [-0.3, -0.25) is 4.79 Å². The van der Waals surface area contributed by atoms with Gasteiger partial charge in [0.05, 0.1) is 6.04 Å². The zero-order valence-corrected chi connectivity index (χ0v) is 13.9. The van der Waals surface area contributed by atoms with Gasteiger partial charge in [-0.2, -0.15) is 0 Å². The molecule has 1 aromatic rings. The summed E-state index contributed by atoms with van der Waals surface area (Å²) in [5.74, 6) is 1.19. The number of nitrogens with one attached hydrogen (secondary N) is 1. The minimum absolute atomic E-state index is 0.297. The molecule has 3 atom stereocenters. The highest BCUT2D eigenvalue weighted by atomic mass is 16.2. The first-order valence-electron chi connectivity index (χ1n) is 9.43. The van der Waals surface area contributed by atoms with Crippen molar-refractivity contribution < 1.29 is 4.79 Å². The zero-order chi connectivity index (χ0) is 15.6. The van der Waals surface area contributed by atoms with E-state index < -0.39 is 0 Å². The molecule has 0 radical (unpaired) electrons. The zero-order valence-electron chi connectivity index (χ0n) is 13.9. The summed E-state index contributed by atoms with van der Waals surface area (Å²) in [4.78, 5) is 15.5. The predicted molar refractivity (Wildman–Crippen MR) is 92.3 cm³/mol. The number of likely N-dealkylation sites (tertiary alicyclic amines) is 1. The molecule has 0 bridgehead atoms. The lowest BCUT2D eigenvalue weighted by Gasteiger charge is -2.36. The molecule has 1 saturated carbocycles. The summed E-state index contributed by atoms with van der Waals surface area (Å²) >= 11 is 0. The molecule has 3 nitrogen and oxygen atoms in total. The average molecular weight is 312 g/mol. The highest BCUT2D eigenvalue weighted by Gasteiger charge is 2.44. The highest BCUT2D eigenvalue weighted by molar-refractivity contribution is 5.79. The Morgan fingerprint density at radius 1 is 1.00 bits per heavy atom. The fraction of sp³-hybridized carbons (Fsp3) is 0.650. The second kappa shape index (κ2) is 6.64. The SMILES string of the molecule is O=C(C1CCCC1)N1CCCC[C@@H]2NC[C@@H](c3ccccc3)[C@@H]21. The number of carbonyl (C=O) groups is 1. The van der Waals surface area contributed by atoms with E-state index in [-0.39, 0.29) is 0 Å². The molecule has 2 aliphatic heterocycles. The van der Waals surface area contributed by atoms with E-state index in [0.717, 1.165) is 32.4 Å². The molecule has 2 heterocycles. The fourth-order valence-electron chi connectivity index (χ4n) is 4.98. The Morgan fingerprint density at radius 3 is 2.52 bits per heavy atom. The van der Waals surface area contributed by atoms with E-state index in [1.165, 1.54) is 31.2 Å². The first kappa shape index (κ1) is 15.2. The second-order valence-electron chi connectivity index (χ2n) is 7.53. The number of amides is 1. The lowest BCUT2D eigenvalue weighted by atomic mass is 9.88. The van der Waals surface area contributed by atoms with Gasteiger partial charge >= 0.3 is 0 Å². The Bertz CT molecular complexity index is 538. The monoisotopic (exact) mass is 312 g/mol. The van der Waals surface area contributed by atoms with Crippen LogP contribution in [0.3, 0.4) is 0 Å². The summed E-state index contributed by atoms with van der Waals surface area (Å²) < 4.78 is 0. The molecule has 4 rings (SSSR count). The number of benzene rings is 1. The predicted octanol–water partition coefficient (Wildman–Crippen LogP) is 3.31. The topological polar surface area (TPSA) is 32.3 Å². The highest BCUT2D eigenvalue weighted by Crippen LogP contribution is 2.37. The normalized spacial score (nSPS) is 31.8. The number of carbonyl (C=O) groups excluding carboxylic acids is 1. The van der Waals surface area contributed by atoms with Crippen LogP contribution in [0.5, 0.6) is 0 Å². The number of fused-ring (bicyclic) bond motifs is 1. The van der Waals surface area contributed by atoms with Crippen LogP contribution in [0, 0.1) is 5.92 Å². The Hall–Kier alpha value is -1.35. The Balaban J connectivity index is 1.62. The van der Waals surface area contributed by atoms with Gasteiger partial charge in [-0.1, -0.05) is 49.6 Å². The van der Waals surface area contributed by atoms with Crippen LogP contribution >= 0.6 is 0 Å². The third-order valence-corrected chi connectivity index (χ3v) is 6.16. The molecular formula is C20H28N2O. The molecular weight excluding hydrogens is 284 g/mol. The van der Waals surface area contributed by atoms with Gasteiger partial charge in [0.15, 0.2) is 0 Å². The molecule has 1 aliphatic carbocycles. The first-order valence-corrected chi connectivity index (χ1v) is 9.43. The van der Waals surface area contributed by atoms with Gasteiger partial charge in [0.2, 0.25) is 5.91 Å². The van der Waals surface area contributed by atoms with Crippen LogP contribution in [0.15, 0.2) is 30.3 Å². The summed E-state index contributed by atoms with van der Waals surface area (Å²) in [6.07, 6.45) is 8.30. The van der Waals surface area contributed by atoms with Gasteiger partial charge < -0.3 is 10.2 Å². The van der Waals surface area contributed by atoms with Gasteiger partial charge in [0, 0.05) is 31.0 Å². The molecule has 124 valence electrons. The van der Waals surface area contributed by atoms with Crippen molar-refractivity contribution in [3.8, 4) is 0 Å². The Labute approximate surface area is 139 Å². The van der Waals surface area contributed by atoms with E-state index in [1.807, 2.05) is 0 Å². The third-order valence-electron chi connectivity index (χ3n) is 6.16. The van der Waals surface area contributed by atoms with E-state index in [2.05, 4.69) is 40.5 Å². The Morgan fingerprint density at radius 2 is 1.74 bits per heavy atom. The van der Waals surface area contributed by atoms with Gasteiger partial charge in [0.25, 0.3) is 0 Å². The van der Waals surface area contributed by atoms with Gasteiger partial charge in [-0.25, -0.2) is 0 Å². The van der Waals surface area contributed by atoms with Crippen molar-refractivity contribution in [3.63, 3.8) is 0 Å². The molecule has 1 amide bonds. The molecule has 0 unspecified atom stereocenters. The summed E-state index contributed by atoms with van der Waals surface area (Å²) in [6.45, 7) is 1.97. The van der Waals surface area contributed by atoms with Crippen LogP contribution in [-0.4, -0.2) is 36.0 Å². The smallest absolute Gasteiger partial charge is 0.226 e. The molecule has 2 saturated heterocycles. The number of rotatable bonds is 2.